The van der Waals surface area contributed by atoms with Gasteiger partial charge < -0.3 is 15.6 Å². The summed E-state index contributed by atoms with van der Waals surface area (Å²) in [4.78, 5) is 0. The zero-order chi connectivity index (χ0) is 24.7. The summed E-state index contributed by atoms with van der Waals surface area (Å²) in [6.07, 6.45) is 13.8. The Morgan fingerprint density at radius 2 is 1.62 bits per heavy atom. The van der Waals surface area contributed by atoms with Gasteiger partial charge in [0.1, 0.15) is 0 Å². The second kappa shape index (κ2) is 7.98. The SMILES string of the molecule is C=C(OC)[C@@H]1CC[C@]2(CCN)CC[C@]3(C)C(CCC4[C@@]5(C)CC[C@H](O)C(C)(C)C5CC[C@]43C)C12. The fourth-order valence-corrected chi connectivity index (χ4v) is 11.9. The molecule has 5 rings (SSSR count). The largest absolute Gasteiger partial charge is 0.501 e. The Balaban J connectivity index is 1.54. The lowest BCUT2D eigenvalue weighted by atomic mass is 9.32. The Labute approximate surface area is 209 Å². The van der Waals surface area contributed by atoms with Gasteiger partial charge in [0.15, 0.2) is 0 Å². The molecule has 0 spiro atoms. The van der Waals surface area contributed by atoms with E-state index in [1.165, 1.54) is 64.2 Å². The van der Waals surface area contributed by atoms with Crippen LogP contribution in [0.4, 0.5) is 0 Å². The molecule has 0 aromatic rings. The van der Waals surface area contributed by atoms with Crippen molar-refractivity contribution >= 4 is 0 Å². The van der Waals surface area contributed by atoms with E-state index in [-0.39, 0.29) is 11.5 Å². The maximum absolute atomic E-state index is 10.9. The van der Waals surface area contributed by atoms with E-state index >= 15 is 0 Å². The molecule has 0 heterocycles. The molecule has 5 aliphatic rings. The zero-order valence-corrected chi connectivity index (χ0v) is 23.1. The van der Waals surface area contributed by atoms with Crippen LogP contribution in [0, 0.1) is 56.7 Å². The average Bonchev–Trinajstić information content (AvgIpc) is 3.16. The highest BCUT2D eigenvalue weighted by molar-refractivity contribution is 5.21. The van der Waals surface area contributed by atoms with Crippen LogP contribution in [0.1, 0.15) is 105 Å². The topological polar surface area (TPSA) is 55.5 Å². The molecule has 34 heavy (non-hydrogen) atoms. The summed E-state index contributed by atoms with van der Waals surface area (Å²) < 4.78 is 5.82. The van der Waals surface area contributed by atoms with Gasteiger partial charge >= 0.3 is 0 Å². The van der Waals surface area contributed by atoms with E-state index in [0.717, 1.165) is 30.6 Å². The summed E-state index contributed by atoms with van der Waals surface area (Å²) in [6, 6.07) is 0. The van der Waals surface area contributed by atoms with E-state index in [1.54, 1.807) is 0 Å². The summed E-state index contributed by atoms with van der Waals surface area (Å²) in [5, 5.41) is 10.9. The minimum absolute atomic E-state index is 0.0294. The maximum atomic E-state index is 10.9. The smallest absolute Gasteiger partial charge is 0.0917 e. The minimum atomic E-state index is -0.146. The molecule has 0 amide bonds. The van der Waals surface area contributed by atoms with Gasteiger partial charge in [-0.15, -0.1) is 0 Å². The normalized spacial score (nSPS) is 53.8. The second-order valence-electron chi connectivity index (χ2n) is 14.8. The maximum Gasteiger partial charge on any atom is 0.0917 e. The number of rotatable bonds is 4. The lowest BCUT2D eigenvalue weighted by molar-refractivity contribution is -0.248. The number of hydrogen-bond donors (Lipinski definition) is 2. The van der Waals surface area contributed by atoms with Crippen molar-refractivity contribution in [1.82, 2.24) is 0 Å². The summed E-state index contributed by atoms with van der Waals surface area (Å²) in [5.41, 5.74) is 7.76. The van der Waals surface area contributed by atoms with Crippen LogP contribution in [0.25, 0.3) is 0 Å². The Kier molecular flexibility index (Phi) is 5.89. The van der Waals surface area contributed by atoms with Gasteiger partial charge in [-0.3, -0.25) is 0 Å². The van der Waals surface area contributed by atoms with Crippen molar-refractivity contribution in [1.29, 1.82) is 0 Å². The number of nitrogens with two attached hydrogens (primary N) is 1. The highest BCUT2D eigenvalue weighted by Gasteiger charge is 2.70. The van der Waals surface area contributed by atoms with Crippen molar-refractivity contribution in [2.24, 2.45) is 62.4 Å². The van der Waals surface area contributed by atoms with Crippen LogP contribution in [0.3, 0.4) is 0 Å². The minimum Gasteiger partial charge on any atom is -0.501 e. The standard InChI is InChI=1S/C31H53NO2/c1-20(34-7)21-10-15-31(18-19-32)17-16-29(5)22(26(21)31)8-9-24-28(4)13-12-25(33)27(2,3)23(28)11-14-30(24,29)6/h21-26,33H,1,8-19,32H2,2-7H3/t21-,22?,23?,24?,25-,26?,28-,29+,30+,31+/m0/s1. The molecule has 3 nitrogen and oxygen atoms in total. The van der Waals surface area contributed by atoms with Gasteiger partial charge in [0, 0.05) is 5.92 Å². The number of aliphatic hydroxyl groups excluding tert-OH is 1. The molecule has 5 aliphatic carbocycles. The van der Waals surface area contributed by atoms with Crippen LogP contribution >= 0.6 is 0 Å². The molecule has 0 aromatic carbocycles. The molecular formula is C31H53NO2. The third kappa shape index (κ3) is 3.01. The average molecular weight is 472 g/mol. The number of fused-ring (bicyclic) bond motifs is 7. The highest BCUT2D eigenvalue weighted by Crippen LogP contribution is 2.77. The predicted octanol–water partition coefficient (Wildman–Crippen LogP) is 6.94. The Morgan fingerprint density at radius 3 is 2.29 bits per heavy atom. The molecule has 5 saturated carbocycles. The lowest BCUT2D eigenvalue weighted by Crippen LogP contribution is -2.66. The van der Waals surface area contributed by atoms with E-state index in [4.69, 9.17) is 10.5 Å². The van der Waals surface area contributed by atoms with Crippen LogP contribution in [-0.4, -0.2) is 24.9 Å². The monoisotopic (exact) mass is 471 g/mol. The molecule has 0 aromatic heterocycles. The molecule has 194 valence electrons. The summed E-state index contributed by atoms with van der Waals surface area (Å²) in [5.74, 6) is 4.34. The van der Waals surface area contributed by atoms with Crippen LogP contribution in [0.5, 0.6) is 0 Å². The molecule has 0 saturated heterocycles. The third-order valence-corrected chi connectivity index (χ3v) is 13.9. The van der Waals surface area contributed by atoms with Crippen molar-refractivity contribution in [3.8, 4) is 0 Å². The van der Waals surface area contributed by atoms with Crippen LogP contribution in [-0.2, 0) is 4.74 Å². The van der Waals surface area contributed by atoms with E-state index in [2.05, 4.69) is 41.2 Å². The quantitative estimate of drug-likeness (QED) is 0.437. The summed E-state index contributed by atoms with van der Waals surface area (Å²) in [7, 11) is 1.83. The fraction of sp³-hybridized carbons (Fsp3) is 0.935. The molecule has 0 aliphatic heterocycles. The molecule has 5 fully saturated rings. The van der Waals surface area contributed by atoms with E-state index in [1.807, 2.05) is 7.11 Å². The fourth-order valence-electron chi connectivity index (χ4n) is 11.9. The van der Waals surface area contributed by atoms with Crippen molar-refractivity contribution in [3.05, 3.63) is 12.3 Å². The third-order valence-electron chi connectivity index (χ3n) is 13.9. The van der Waals surface area contributed by atoms with Crippen molar-refractivity contribution in [2.75, 3.05) is 13.7 Å². The van der Waals surface area contributed by atoms with Crippen LogP contribution in [0.15, 0.2) is 12.3 Å². The Morgan fingerprint density at radius 1 is 0.882 bits per heavy atom. The molecule has 10 atom stereocenters. The number of allylic oxidation sites excluding steroid dienone is 1. The van der Waals surface area contributed by atoms with Crippen LogP contribution < -0.4 is 5.73 Å². The number of hydrogen-bond acceptors (Lipinski definition) is 3. The number of aliphatic hydroxyl groups is 1. The second-order valence-corrected chi connectivity index (χ2v) is 14.8. The predicted molar refractivity (Wildman–Crippen MR) is 140 cm³/mol. The van der Waals surface area contributed by atoms with Crippen molar-refractivity contribution in [2.45, 2.75) is 111 Å². The first-order valence-corrected chi connectivity index (χ1v) is 14.5. The van der Waals surface area contributed by atoms with Gasteiger partial charge in [-0.2, -0.15) is 0 Å². The molecule has 0 radical (unpaired) electrons. The molecule has 4 unspecified atom stereocenters. The van der Waals surface area contributed by atoms with Gasteiger partial charge in [-0.25, -0.2) is 0 Å². The number of methoxy groups -OCH3 is 1. The van der Waals surface area contributed by atoms with E-state index in [0.29, 0.717) is 39.4 Å². The van der Waals surface area contributed by atoms with Gasteiger partial charge in [-0.05, 0) is 128 Å². The highest BCUT2D eigenvalue weighted by atomic mass is 16.5. The molecule has 0 bridgehead atoms. The Bertz CT molecular complexity index is 822. The first kappa shape index (κ1) is 25.1. The molecule has 3 N–H and O–H groups in total. The van der Waals surface area contributed by atoms with Gasteiger partial charge in [0.2, 0.25) is 0 Å². The molecular weight excluding hydrogens is 418 g/mol. The van der Waals surface area contributed by atoms with E-state index in [9.17, 15) is 5.11 Å². The lowest BCUT2D eigenvalue weighted by Gasteiger charge is -2.73. The molecule has 3 heteroatoms. The van der Waals surface area contributed by atoms with Gasteiger partial charge in [0.05, 0.1) is 19.0 Å². The first-order valence-electron chi connectivity index (χ1n) is 14.5. The number of ether oxygens (including phenoxy) is 1. The summed E-state index contributed by atoms with van der Waals surface area (Å²) >= 11 is 0. The van der Waals surface area contributed by atoms with E-state index < -0.39 is 0 Å². The Hall–Kier alpha value is -0.540. The first-order chi connectivity index (χ1) is 15.9. The van der Waals surface area contributed by atoms with Gasteiger partial charge in [-0.1, -0.05) is 41.2 Å². The van der Waals surface area contributed by atoms with Crippen LogP contribution in [0.2, 0.25) is 0 Å². The summed E-state index contributed by atoms with van der Waals surface area (Å²) in [6.45, 7) is 18.0. The van der Waals surface area contributed by atoms with Gasteiger partial charge in [0.25, 0.3) is 0 Å². The van der Waals surface area contributed by atoms with Crippen molar-refractivity contribution < 1.29 is 9.84 Å². The zero-order valence-electron chi connectivity index (χ0n) is 23.1. The van der Waals surface area contributed by atoms with Crippen molar-refractivity contribution in [3.63, 3.8) is 0 Å².